The first-order valence-electron chi connectivity index (χ1n) is 8.17. The molecule has 1 aliphatic heterocycles. The Labute approximate surface area is 157 Å². The number of ether oxygens (including phenoxy) is 1. The number of hydrogen-bond donors (Lipinski definition) is 0. The fourth-order valence-corrected chi connectivity index (χ4v) is 4.14. The molecule has 9 heteroatoms. The molecule has 0 bridgehead atoms. The molecule has 27 heavy (non-hydrogen) atoms. The number of rotatable bonds is 3. The summed E-state index contributed by atoms with van der Waals surface area (Å²) < 4.78 is 32.8. The summed E-state index contributed by atoms with van der Waals surface area (Å²) in [5, 5.41) is 13.8. The van der Waals surface area contributed by atoms with E-state index in [1.54, 1.807) is 18.0 Å². The summed E-state index contributed by atoms with van der Waals surface area (Å²) in [6, 6.07) is 10.4. The molecule has 1 fully saturated rings. The van der Waals surface area contributed by atoms with Crippen molar-refractivity contribution in [3.8, 4) is 0 Å². The second-order valence-electron chi connectivity index (χ2n) is 6.40. The largest absolute Gasteiger partial charge is 0.622 e. The Morgan fingerprint density at radius 2 is 1.96 bits per heavy atom. The molecule has 0 radical (unpaired) electrons. The lowest BCUT2D eigenvalue weighted by atomic mass is 10.2. The van der Waals surface area contributed by atoms with E-state index in [9.17, 15) is 18.8 Å². The maximum atomic E-state index is 13.9. The molecule has 6 nitrogen and oxygen atoms in total. The maximum Gasteiger partial charge on any atom is 0.348 e. The lowest BCUT2D eigenvalue weighted by Gasteiger charge is -2.38. The average molecular weight is 391 g/mol. The van der Waals surface area contributed by atoms with Gasteiger partial charge >= 0.3 is 5.97 Å². The molecule has 0 amide bonds. The molecule has 1 aliphatic rings. The Bertz CT molecular complexity index is 975. The summed E-state index contributed by atoms with van der Waals surface area (Å²) in [5.74, 6) is -3.27. The fraction of sp³-hybridized carbons (Fsp3) is 0.222. The zero-order chi connectivity index (χ0) is 19.2. The topological polar surface area (TPSA) is 65.5 Å². The van der Waals surface area contributed by atoms with Gasteiger partial charge in [0.05, 0.1) is 16.8 Å². The van der Waals surface area contributed by atoms with Crippen molar-refractivity contribution in [1.29, 1.82) is 0 Å². The van der Waals surface area contributed by atoms with Crippen molar-refractivity contribution >= 4 is 32.7 Å². The predicted molar refractivity (Wildman–Crippen MR) is 97.8 cm³/mol. The van der Waals surface area contributed by atoms with Crippen molar-refractivity contribution < 1.29 is 18.3 Å². The lowest BCUT2D eigenvalue weighted by molar-refractivity contribution is 0.00478. The van der Waals surface area contributed by atoms with Gasteiger partial charge in [-0.15, -0.1) is 0 Å². The van der Waals surface area contributed by atoms with Crippen molar-refractivity contribution in [3.63, 3.8) is 0 Å². The van der Waals surface area contributed by atoms with Gasteiger partial charge in [0.2, 0.25) is 0 Å². The molecule has 3 aromatic rings. The highest BCUT2D eigenvalue weighted by Gasteiger charge is 2.45. The van der Waals surface area contributed by atoms with Crippen LogP contribution in [-0.2, 0) is 4.74 Å². The number of hydrogen-bond acceptors (Lipinski definition) is 6. The van der Waals surface area contributed by atoms with Crippen molar-refractivity contribution in [3.05, 3.63) is 64.9 Å². The van der Waals surface area contributed by atoms with E-state index in [2.05, 4.69) is 4.98 Å². The molecule has 4 rings (SSSR count). The van der Waals surface area contributed by atoms with Crippen LogP contribution in [-0.4, -0.2) is 42.3 Å². The zero-order valence-electron chi connectivity index (χ0n) is 14.3. The number of carbonyl (C=O) groups is 1. The minimum absolute atomic E-state index is 0.0114. The summed E-state index contributed by atoms with van der Waals surface area (Å²) in [6.45, 7) is 0.138. The lowest BCUT2D eigenvalue weighted by Crippen LogP contribution is -2.50. The summed E-state index contributed by atoms with van der Waals surface area (Å²) in [7, 11) is 1.70. The molecule has 0 spiro atoms. The van der Waals surface area contributed by atoms with Gasteiger partial charge in [-0.25, -0.2) is 18.5 Å². The van der Waals surface area contributed by atoms with E-state index in [1.165, 1.54) is 11.3 Å². The monoisotopic (exact) mass is 391 g/mol. The van der Waals surface area contributed by atoms with Gasteiger partial charge < -0.3 is 9.94 Å². The van der Waals surface area contributed by atoms with Crippen LogP contribution < -0.4 is 4.65 Å². The van der Waals surface area contributed by atoms with Gasteiger partial charge in [-0.1, -0.05) is 29.5 Å². The molecule has 0 N–H and O–H groups in total. The first kappa shape index (κ1) is 17.9. The number of halogens is 2. The van der Waals surface area contributed by atoms with E-state index < -0.39 is 34.0 Å². The summed E-state index contributed by atoms with van der Waals surface area (Å²) >= 11 is 1.21. The van der Waals surface area contributed by atoms with Gasteiger partial charge in [0.15, 0.2) is 0 Å². The SMILES string of the molecule is CN1CC(OC(=O)c2c(F)cccc2F)[N+]([O-])(c2nc3ccccc3s2)C1. The van der Waals surface area contributed by atoms with Gasteiger partial charge in [0.1, 0.15) is 23.9 Å². The Hall–Kier alpha value is -2.46. The van der Waals surface area contributed by atoms with Crippen molar-refractivity contribution in [2.45, 2.75) is 6.23 Å². The van der Waals surface area contributed by atoms with Crippen LogP contribution in [0.3, 0.4) is 0 Å². The number of fused-ring (bicyclic) bond motifs is 1. The van der Waals surface area contributed by atoms with E-state index in [-0.39, 0.29) is 18.3 Å². The molecular formula is C18H15F2N3O3S. The molecule has 1 saturated heterocycles. The van der Waals surface area contributed by atoms with E-state index in [0.717, 1.165) is 22.9 Å². The minimum atomic E-state index is -1.20. The van der Waals surface area contributed by atoms with E-state index in [0.29, 0.717) is 5.52 Å². The number of hydroxylamine groups is 2. The van der Waals surface area contributed by atoms with Crippen molar-refractivity contribution in [2.24, 2.45) is 0 Å². The Morgan fingerprint density at radius 1 is 1.26 bits per heavy atom. The number of carbonyl (C=O) groups excluding carboxylic acids is 1. The third kappa shape index (κ3) is 3.08. The van der Waals surface area contributed by atoms with Gasteiger partial charge in [0, 0.05) is 0 Å². The maximum absolute atomic E-state index is 13.9. The predicted octanol–water partition coefficient (Wildman–Crippen LogP) is 3.47. The average Bonchev–Trinajstić information content (AvgIpc) is 3.16. The van der Waals surface area contributed by atoms with Crippen LogP contribution in [0.4, 0.5) is 13.9 Å². The van der Waals surface area contributed by atoms with Gasteiger partial charge in [0.25, 0.3) is 11.4 Å². The summed E-state index contributed by atoms with van der Waals surface area (Å²) in [4.78, 5) is 18.4. The molecule has 0 saturated carbocycles. The number of para-hydroxylation sites is 1. The highest BCUT2D eigenvalue weighted by molar-refractivity contribution is 7.22. The van der Waals surface area contributed by atoms with Crippen LogP contribution in [0.2, 0.25) is 0 Å². The molecule has 1 aromatic heterocycles. The number of thiazole rings is 1. The van der Waals surface area contributed by atoms with Crippen LogP contribution in [0.5, 0.6) is 0 Å². The third-order valence-corrected chi connectivity index (χ3v) is 5.55. The highest BCUT2D eigenvalue weighted by atomic mass is 32.1. The molecule has 2 aromatic carbocycles. The quantitative estimate of drug-likeness (QED) is 0.389. The number of aromatic nitrogens is 1. The van der Waals surface area contributed by atoms with Crippen molar-refractivity contribution in [2.75, 3.05) is 20.3 Å². The van der Waals surface area contributed by atoms with Crippen LogP contribution in [0.1, 0.15) is 10.4 Å². The van der Waals surface area contributed by atoms with Crippen molar-refractivity contribution in [1.82, 2.24) is 14.5 Å². The van der Waals surface area contributed by atoms with Crippen LogP contribution in [0, 0.1) is 16.8 Å². The Balaban J connectivity index is 1.67. The number of quaternary nitrogens is 1. The molecule has 0 aliphatic carbocycles. The molecular weight excluding hydrogens is 376 g/mol. The molecule has 2 heterocycles. The highest BCUT2D eigenvalue weighted by Crippen LogP contribution is 2.37. The van der Waals surface area contributed by atoms with E-state index >= 15 is 0 Å². The second-order valence-corrected chi connectivity index (χ2v) is 7.41. The third-order valence-electron chi connectivity index (χ3n) is 4.40. The number of esters is 1. The second kappa shape index (κ2) is 6.61. The van der Waals surface area contributed by atoms with E-state index in [1.807, 2.05) is 18.2 Å². The normalized spacial score (nSPS) is 23.0. The Kier molecular flexibility index (Phi) is 4.39. The number of benzene rings is 2. The van der Waals surface area contributed by atoms with Gasteiger partial charge in [-0.05, 0) is 31.3 Å². The zero-order valence-corrected chi connectivity index (χ0v) is 15.1. The Morgan fingerprint density at radius 3 is 2.67 bits per heavy atom. The fourth-order valence-electron chi connectivity index (χ4n) is 3.11. The van der Waals surface area contributed by atoms with Gasteiger partial charge in [-0.2, -0.15) is 4.98 Å². The van der Waals surface area contributed by atoms with Crippen LogP contribution >= 0.6 is 11.3 Å². The van der Waals surface area contributed by atoms with Crippen LogP contribution in [0.15, 0.2) is 42.5 Å². The number of nitrogens with zero attached hydrogens (tertiary/aromatic N) is 3. The summed E-state index contributed by atoms with van der Waals surface area (Å²) in [6.07, 6.45) is -1.18. The first-order chi connectivity index (χ1) is 12.9. The molecule has 140 valence electrons. The molecule has 2 unspecified atom stereocenters. The standard InChI is InChI=1S/C18H15F2N3O3S/c1-22-9-15(26-17(24)16-11(19)5-4-6-12(16)20)23(25,10-22)18-21-13-7-2-3-8-14(13)27-18/h2-8,15H,9-10H2,1H3. The smallest absolute Gasteiger partial charge is 0.348 e. The minimum Gasteiger partial charge on any atom is -0.622 e. The van der Waals surface area contributed by atoms with Gasteiger partial charge in [-0.3, -0.25) is 4.65 Å². The number of likely N-dealkylation sites (N-methyl/N-ethyl adjacent to an activating group) is 1. The first-order valence-corrected chi connectivity index (χ1v) is 8.98. The van der Waals surface area contributed by atoms with E-state index in [4.69, 9.17) is 4.74 Å². The summed E-state index contributed by atoms with van der Waals surface area (Å²) in [5.41, 5.74) is -0.131. The molecule has 2 atom stereocenters. The van der Waals surface area contributed by atoms with Crippen LogP contribution in [0.25, 0.3) is 10.2 Å².